The number of aromatic nitrogens is 2. The summed E-state index contributed by atoms with van der Waals surface area (Å²) in [5.74, 6) is -2.72. The van der Waals surface area contributed by atoms with Crippen LogP contribution in [0.2, 0.25) is 0 Å². The Morgan fingerprint density at radius 2 is 1.78 bits per heavy atom. The quantitative estimate of drug-likeness (QED) is 0.312. The van der Waals surface area contributed by atoms with Crippen molar-refractivity contribution in [3.05, 3.63) is 42.1 Å². The molecule has 2 saturated heterocycles. The topological polar surface area (TPSA) is 184 Å². The van der Waals surface area contributed by atoms with E-state index in [2.05, 4.69) is 10.4 Å². The van der Waals surface area contributed by atoms with Crippen molar-refractivity contribution >= 4 is 35.7 Å². The molecule has 16 heteroatoms. The number of likely N-dealkylation sites (tertiary alicyclic amines) is 1. The largest absolute Gasteiger partial charge is 0.481 e. The number of benzene rings is 1. The van der Waals surface area contributed by atoms with Crippen molar-refractivity contribution in [1.82, 2.24) is 34.7 Å². The lowest BCUT2D eigenvalue weighted by molar-refractivity contribution is -0.144. The highest BCUT2D eigenvalue weighted by Gasteiger charge is 2.40. The van der Waals surface area contributed by atoms with Crippen LogP contribution in [0.3, 0.4) is 0 Å². The second kappa shape index (κ2) is 16.0. The molecule has 2 aromatic rings. The zero-order valence-electron chi connectivity index (χ0n) is 28.7. The smallest absolute Gasteiger partial charge is 0.410 e. The van der Waals surface area contributed by atoms with E-state index in [1.807, 2.05) is 0 Å². The van der Waals surface area contributed by atoms with Gasteiger partial charge in [-0.3, -0.25) is 24.0 Å². The molecule has 1 aromatic heterocycles. The summed E-state index contributed by atoms with van der Waals surface area (Å²) in [7, 11) is 1.77. The van der Waals surface area contributed by atoms with Gasteiger partial charge in [0, 0.05) is 57.8 Å². The first-order chi connectivity index (χ1) is 24.0. The van der Waals surface area contributed by atoms with Gasteiger partial charge in [0.2, 0.25) is 17.7 Å². The van der Waals surface area contributed by atoms with Crippen LogP contribution in [0.4, 0.5) is 4.79 Å². The average Bonchev–Trinajstić information content (AvgIpc) is 3.67. The third-order valence-electron chi connectivity index (χ3n) is 9.25. The predicted molar refractivity (Wildman–Crippen MR) is 177 cm³/mol. The molecule has 1 aromatic carbocycles. The highest BCUT2D eigenvalue weighted by atomic mass is 16.6. The van der Waals surface area contributed by atoms with Crippen molar-refractivity contribution in [3.63, 3.8) is 0 Å². The van der Waals surface area contributed by atoms with Gasteiger partial charge in [0.15, 0.2) is 12.3 Å². The van der Waals surface area contributed by atoms with Crippen LogP contribution in [0.15, 0.2) is 36.4 Å². The van der Waals surface area contributed by atoms with Crippen LogP contribution in [0.1, 0.15) is 62.9 Å². The summed E-state index contributed by atoms with van der Waals surface area (Å²) in [6.45, 7) is 4.31. The number of hydrogen-bond donors (Lipinski definition) is 2. The molecule has 1 aliphatic carbocycles. The number of likely N-dealkylation sites (N-methyl/N-ethyl adjacent to an activating group) is 1. The Hall–Kier alpha value is -5.15. The Morgan fingerprint density at radius 1 is 1.04 bits per heavy atom. The Kier molecular flexibility index (Phi) is 11.6. The minimum absolute atomic E-state index is 0.0750. The second-order valence-corrected chi connectivity index (χ2v) is 12.8. The highest BCUT2D eigenvalue weighted by Crippen LogP contribution is 2.29. The summed E-state index contributed by atoms with van der Waals surface area (Å²) in [4.78, 5) is 83.7. The van der Waals surface area contributed by atoms with Gasteiger partial charge in [0.1, 0.15) is 12.1 Å². The number of ether oxygens (including phenoxy) is 2. The summed E-state index contributed by atoms with van der Waals surface area (Å²) in [6, 6.07) is 8.30. The standard InChI is InChI=1S/C34H45N7O9/c1-4-49-34(48)39-18-17-38(20-22(39)2)32(46)25(14-15-30(43)44)35-31(45)26-19-29(41(36-26)24-9-6-5-7-10-24)50-21-28(42)40-16-8-11-27(40)33(47)37(3)23-12-13-23/h5-7,9-10,19,22-23,25,27H,4,8,11-18,20-21H2,1-3H3,(H,35,45)(H,43,44)/t22-,25+,27+/m1/s1. The van der Waals surface area contributed by atoms with Crippen molar-refractivity contribution in [2.75, 3.05) is 46.4 Å². The summed E-state index contributed by atoms with van der Waals surface area (Å²) >= 11 is 0. The lowest BCUT2D eigenvalue weighted by Gasteiger charge is -2.40. The molecule has 0 bridgehead atoms. The molecule has 1 saturated carbocycles. The van der Waals surface area contributed by atoms with Gasteiger partial charge in [-0.1, -0.05) is 18.2 Å². The van der Waals surface area contributed by atoms with Crippen LogP contribution in [0.5, 0.6) is 5.88 Å². The van der Waals surface area contributed by atoms with Crippen molar-refractivity contribution in [2.45, 2.75) is 76.5 Å². The number of piperazine rings is 1. The molecular weight excluding hydrogens is 650 g/mol. The molecule has 0 radical (unpaired) electrons. The molecule has 3 heterocycles. The first-order valence-corrected chi connectivity index (χ1v) is 17.1. The molecule has 270 valence electrons. The zero-order valence-corrected chi connectivity index (χ0v) is 28.7. The Balaban J connectivity index is 1.30. The maximum Gasteiger partial charge on any atom is 0.410 e. The SMILES string of the molecule is CCOC(=O)N1CCN(C(=O)[C@H](CCC(=O)O)NC(=O)c2cc(OCC(=O)N3CCC[C@H]3C(=O)N(C)C3CC3)n(-c3ccccc3)n2)C[C@H]1C. The number of nitrogens with one attached hydrogen (secondary N) is 1. The van der Waals surface area contributed by atoms with Crippen molar-refractivity contribution in [3.8, 4) is 11.6 Å². The number of nitrogens with zero attached hydrogens (tertiary/aromatic N) is 6. The lowest BCUT2D eigenvalue weighted by atomic mass is 10.1. The molecule has 5 rings (SSSR count). The predicted octanol–water partition coefficient (Wildman–Crippen LogP) is 1.52. The van der Waals surface area contributed by atoms with E-state index in [1.165, 1.54) is 20.5 Å². The molecule has 5 amide bonds. The number of hydrogen-bond acceptors (Lipinski definition) is 9. The van der Waals surface area contributed by atoms with Crippen molar-refractivity contribution < 1.29 is 43.3 Å². The zero-order chi connectivity index (χ0) is 35.9. The fraction of sp³-hybridized carbons (Fsp3) is 0.559. The van der Waals surface area contributed by atoms with Crippen LogP contribution in [0, 0.1) is 0 Å². The summed E-state index contributed by atoms with van der Waals surface area (Å²) in [5, 5.41) is 16.4. The van der Waals surface area contributed by atoms with Gasteiger partial charge in [-0.05, 0) is 58.1 Å². The lowest BCUT2D eigenvalue weighted by Crippen LogP contribution is -2.59. The average molecular weight is 696 g/mol. The molecule has 2 aliphatic heterocycles. The first kappa shape index (κ1) is 36.1. The van der Waals surface area contributed by atoms with Crippen molar-refractivity contribution in [2.24, 2.45) is 0 Å². The van der Waals surface area contributed by atoms with E-state index in [1.54, 1.807) is 61.0 Å². The monoisotopic (exact) mass is 695 g/mol. The fourth-order valence-corrected chi connectivity index (χ4v) is 6.36. The van der Waals surface area contributed by atoms with E-state index in [4.69, 9.17) is 9.47 Å². The number of carbonyl (C=O) groups is 6. The van der Waals surface area contributed by atoms with E-state index in [0.717, 1.165) is 12.8 Å². The molecule has 3 aliphatic rings. The Morgan fingerprint density at radius 3 is 2.44 bits per heavy atom. The number of carboxylic acids is 1. The first-order valence-electron chi connectivity index (χ1n) is 17.1. The molecular formula is C34H45N7O9. The Bertz CT molecular complexity index is 1580. The van der Waals surface area contributed by atoms with Crippen LogP contribution in [-0.2, 0) is 23.9 Å². The summed E-state index contributed by atoms with van der Waals surface area (Å²) in [5.41, 5.74) is 0.423. The van der Waals surface area contributed by atoms with E-state index >= 15 is 0 Å². The second-order valence-electron chi connectivity index (χ2n) is 12.8. The maximum atomic E-state index is 13.6. The van der Waals surface area contributed by atoms with Gasteiger partial charge in [0.25, 0.3) is 11.8 Å². The fourth-order valence-electron chi connectivity index (χ4n) is 6.36. The molecule has 50 heavy (non-hydrogen) atoms. The number of carbonyl (C=O) groups excluding carboxylic acids is 5. The molecule has 3 fully saturated rings. The number of aliphatic carboxylic acids is 1. The third kappa shape index (κ3) is 8.52. The number of para-hydroxylation sites is 1. The third-order valence-corrected chi connectivity index (χ3v) is 9.25. The van der Waals surface area contributed by atoms with Gasteiger partial charge >= 0.3 is 12.1 Å². The molecule has 2 N–H and O–H groups in total. The van der Waals surface area contributed by atoms with E-state index in [9.17, 15) is 33.9 Å². The minimum Gasteiger partial charge on any atom is -0.481 e. The van der Waals surface area contributed by atoms with Crippen molar-refractivity contribution in [1.29, 1.82) is 0 Å². The van der Waals surface area contributed by atoms with Crippen LogP contribution >= 0.6 is 0 Å². The minimum atomic E-state index is -1.19. The Labute approximate surface area is 290 Å². The van der Waals surface area contributed by atoms with Crippen LogP contribution in [-0.4, -0.2) is 141 Å². The van der Waals surface area contributed by atoms with Gasteiger partial charge in [-0.2, -0.15) is 5.10 Å². The van der Waals surface area contributed by atoms with Gasteiger partial charge in [-0.15, -0.1) is 0 Å². The molecule has 3 atom stereocenters. The van der Waals surface area contributed by atoms with Gasteiger partial charge < -0.3 is 39.5 Å². The number of amides is 5. The molecule has 0 unspecified atom stereocenters. The van der Waals surface area contributed by atoms with E-state index in [0.29, 0.717) is 25.1 Å². The highest BCUT2D eigenvalue weighted by molar-refractivity contribution is 5.96. The maximum absolute atomic E-state index is 13.6. The number of rotatable bonds is 13. The summed E-state index contributed by atoms with van der Waals surface area (Å²) < 4.78 is 12.4. The molecule has 0 spiro atoms. The normalized spacial score (nSPS) is 19.5. The summed E-state index contributed by atoms with van der Waals surface area (Å²) in [6.07, 6.45) is 2.19. The van der Waals surface area contributed by atoms with Crippen LogP contribution in [0.25, 0.3) is 5.69 Å². The van der Waals surface area contributed by atoms with Crippen LogP contribution < -0.4 is 10.1 Å². The molecule has 16 nitrogen and oxygen atoms in total. The van der Waals surface area contributed by atoms with Gasteiger partial charge in [0.05, 0.1) is 12.3 Å². The number of carboxylic acid groups (broad SMARTS) is 1. The van der Waals surface area contributed by atoms with Gasteiger partial charge in [-0.25, -0.2) is 9.48 Å². The van der Waals surface area contributed by atoms with E-state index in [-0.39, 0.29) is 74.6 Å². The van der Waals surface area contributed by atoms with E-state index < -0.39 is 42.6 Å².